The molecule has 19 heavy (non-hydrogen) atoms. The fourth-order valence-corrected chi connectivity index (χ4v) is 2.22. The standard InChI is InChI=1S/C11H17N3O5/c1-5-3-14(10(18)13-8(5)17)9-6(2)7(16)11(12,4-15)19-9/h3,6-7,9,15-16H,4,12H2,1-2H3,(H,13,17,18). The summed E-state index contributed by atoms with van der Waals surface area (Å²) in [5.74, 6) is -0.514. The van der Waals surface area contributed by atoms with Gasteiger partial charge in [0.15, 0.2) is 5.72 Å². The van der Waals surface area contributed by atoms with Gasteiger partial charge in [0, 0.05) is 17.7 Å². The quantitative estimate of drug-likeness (QED) is 0.493. The van der Waals surface area contributed by atoms with E-state index in [9.17, 15) is 19.8 Å². The lowest BCUT2D eigenvalue weighted by molar-refractivity contribution is -0.125. The number of hydrogen-bond acceptors (Lipinski definition) is 6. The highest BCUT2D eigenvalue weighted by Crippen LogP contribution is 2.37. The minimum atomic E-state index is -1.62. The van der Waals surface area contributed by atoms with Crippen molar-refractivity contribution >= 4 is 0 Å². The summed E-state index contributed by atoms with van der Waals surface area (Å²) in [4.78, 5) is 25.2. The Bertz CT molecular complexity index is 595. The molecular weight excluding hydrogens is 254 g/mol. The molecule has 1 saturated heterocycles. The molecule has 4 atom stereocenters. The van der Waals surface area contributed by atoms with Gasteiger partial charge < -0.3 is 14.9 Å². The molecule has 0 aromatic carbocycles. The summed E-state index contributed by atoms with van der Waals surface area (Å²) >= 11 is 0. The summed E-state index contributed by atoms with van der Waals surface area (Å²) in [6.45, 7) is 2.62. The van der Waals surface area contributed by atoms with E-state index < -0.39 is 41.8 Å². The second-order valence-electron chi connectivity index (χ2n) is 4.90. The Kier molecular flexibility index (Phi) is 3.35. The number of hydrogen-bond donors (Lipinski definition) is 4. The lowest BCUT2D eigenvalue weighted by Crippen LogP contribution is -2.52. The minimum Gasteiger partial charge on any atom is -0.392 e. The molecular formula is C11H17N3O5. The summed E-state index contributed by atoms with van der Waals surface area (Å²) in [6.07, 6.45) is -0.630. The predicted octanol–water partition coefficient (Wildman–Crippen LogP) is -1.98. The molecule has 8 heteroatoms. The van der Waals surface area contributed by atoms with Crippen LogP contribution in [0.2, 0.25) is 0 Å². The van der Waals surface area contributed by atoms with E-state index in [0.29, 0.717) is 5.56 Å². The molecule has 4 unspecified atom stereocenters. The first-order valence-electron chi connectivity index (χ1n) is 5.88. The molecule has 1 aromatic rings. The molecule has 2 heterocycles. The maximum absolute atomic E-state index is 11.8. The fourth-order valence-electron chi connectivity index (χ4n) is 2.22. The lowest BCUT2D eigenvalue weighted by Gasteiger charge is -2.24. The van der Waals surface area contributed by atoms with Crippen LogP contribution in [0.15, 0.2) is 15.8 Å². The van der Waals surface area contributed by atoms with E-state index in [1.807, 2.05) is 0 Å². The van der Waals surface area contributed by atoms with Crippen molar-refractivity contribution in [3.63, 3.8) is 0 Å². The molecule has 0 saturated carbocycles. The van der Waals surface area contributed by atoms with E-state index in [4.69, 9.17) is 10.5 Å². The Balaban J connectivity index is 2.47. The van der Waals surface area contributed by atoms with Crippen molar-refractivity contribution < 1.29 is 14.9 Å². The van der Waals surface area contributed by atoms with Crippen LogP contribution in [0.25, 0.3) is 0 Å². The van der Waals surface area contributed by atoms with Crippen molar-refractivity contribution in [3.8, 4) is 0 Å². The Morgan fingerprint density at radius 2 is 2.21 bits per heavy atom. The zero-order valence-corrected chi connectivity index (χ0v) is 10.7. The van der Waals surface area contributed by atoms with E-state index in [-0.39, 0.29) is 0 Å². The van der Waals surface area contributed by atoms with Gasteiger partial charge in [-0.05, 0) is 6.92 Å². The van der Waals surface area contributed by atoms with E-state index in [2.05, 4.69) is 4.98 Å². The first-order valence-corrected chi connectivity index (χ1v) is 5.88. The van der Waals surface area contributed by atoms with Crippen LogP contribution in [0.5, 0.6) is 0 Å². The molecule has 8 nitrogen and oxygen atoms in total. The van der Waals surface area contributed by atoms with Crippen LogP contribution in [0, 0.1) is 12.8 Å². The van der Waals surface area contributed by atoms with Crippen LogP contribution < -0.4 is 17.0 Å². The topological polar surface area (TPSA) is 131 Å². The highest BCUT2D eigenvalue weighted by Gasteiger charge is 2.51. The number of aliphatic hydroxyl groups is 2. The second kappa shape index (κ2) is 4.57. The van der Waals surface area contributed by atoms with Crippen LogP contribution in [0.1, 0.15) is 18.7 Å². The number of aromatic nitrogens is 2. The molecule has 1 aliphatic rings. The summed E-state index contributed by atoms with van der Waals surface area (Å²) in [7, 11) is 0. The molecule has 0 bridgehead atoms. The SMILES string of the molecule is Cc1cn(C2OC(N)(CO)C(O)C2C)c(=O)[nH]c1=O. The third-order valence-corrected chi connectivity index (χ3v) is 3.46. The molecule has 1 aromatic heterocycles. The number of aryl methyl sites for hydroxylation is 1. The monoisotopic (exact) mass is 271 g/mol. The number of nitrogens with one attached hydrogen (secondary N) is 1. The number of aromatic amines is 1. The van der Waals surface area contributed by atoms with Gasteiger partial charge in [-0.3, -0.25) is 20.1 Å². The fraction of sp³-hybridized carbons (Fsp3) is 0.636. The number of nitrogens with zero attached hydrogens (tertiary/aromatic N) is 1. The molecule has 1 aliphatic heterocycles. The van der Waals surface area contributed by atoms with E-state index in [1.165, 1.54) is 6.20 Å². The first-order chi connectivity index (χ1) is 8.80. The summed E-state index contributed by atoms with van der Waals surface area (Å²) < 4.78 is 6.56. The first kappa shape index (κ1) is 13.9. The molecule has 1 fully saturated rings. The number of ether oxygens (including phenoxy) is 1. The van der Waals surface area contributed by atoms with Gasteiger partial charge in [0.25, 0.3) is 5.56 Å². The van der Waals surface area contributed by atoms with Crippen LogP contribution in [0.3, 0.4) is 0 Å². The van der Waals surface area contributed by atoms with Gasteiger partial charge >= 0.3 is 5.69 Å². The highest BCUT2D eigenvalue weighted by atomic mass is 16.6. The minimum absolute atomic E-state index is 0.336. The number of H-pyrrole nitrogens is 1. The van der Waals surface area contributed by atoms with Gasteiger partial charge in [-0.25, -0.2) is 4.79 Å². The van der Waals surface area contributed by atoms with E-state index >= 15 is 0 Å². The van der Waals surface area contributed by atoms with Gasteiger partial charge in [-0.1, -0.05) is 6.92 Å². The van der Waals surface area contributed by atoms with E-state index in [1.54, 1.807) is 13.8 Å². The zero-order valence-electron chi connectivity index (χ0n) is 10.7. The summed E-state index contributed by atoms with van der Waals surface area (Å²) in [6, 6.07) is 0. The Labute approximate surface area is 108 Å². The van der Waals surface area contributed by atoms with Crippen molar-refractivity contribution in [2.75, 3.05) is 6.61 Å². The maximum atomic E-state index is 11.8. The van der Waals surface area contributed by atoms with Crippen molar-refractivity contribution in [2.24, 2.45) is 11.7 Å². The third kappa shape index (κ3) is 2.12. The van der Waals surface area contributed by atoms with Gasteiger partial charge in [-0.2, -0.15) is 0 Å². The number of rotatable bonds is 2. The zero-order chi connectivity index (χ0) is 14.4. The molecule has 5 N–H and O–H groups in total. The van der Waals surface area contributed by atoms with Gasteiger partial charge in [0.2, 0.25) is 0 Å². The Morgan fingerprint density at radius 1 is 1.58 bits per heavy atom. The number of aliphatic hydroxyl groups excluding tert-OH is 2. The molecule has 0 aliphatic carbocycles. The van der Waals surface area contributed by atoms with Gasteiger partial charge in [0.1, 0.15) is 12.3 Å². The average Bonchev–Trinajstić information content (AvgIpc) is 2.59. The molecule has 106 valence electrons. The maximum Gasteiger partial charge on any atom is 0.330 e. The average molecular weight is 271 g/mol. The smallest absolute Gasteiger partial charge is 0.330 e. The van der Waals surface area contributed by atoms with Crippen molar-refractivity contribution in [2.45, 2.75) is 31.9 Å². The molecule has 2 rings (SSSR count). The normalized spacial score (nSPS) is 34.7. The van der Waals surface area contributed by atoms with Crippen molar-refractivity contribution in [3.05, 3.63) is 32.6 Å². The van der Waals surface area contributed by atoms with Crippen molar-refractivity contribution in [1.29, 1.82) is 0 Å². The van der Waals surface area contributed by atoms with E-state index in [0.717, 1.165) is 4.57 Å². The summed E-state index contributed by atoms with van der Waals surface area (Å²) in [5.41, 5.74) is 3.32. The van der Waals surface area contributed by atoms with Crippen LogP contribution in [-0.2, 0) is 4.74 Å². The Hall–Kier alpha value is -1.48. The second-order valence-corrected chi connectivity index (χ2v) is 4.90. The molecule has 0 radical (unpaired) electrons. The van der Waals surface area contributed by atoms with Gasteiger partial charge in [0.05, 0.1) is 6.61 Å². The summed E-state index contributed by atoms with van der Waals surface area (Å²) in [5, 5.41) is 19.2. The largest absolute Gasteiger partial charge is 0.392 e. The predicted molar refractivity (Wildman–Crippen MR) is 65.4 cm³/mol. The molecule has 0 spiro atoms. The van der Waals surface area contributed by atoms with Crippen molar-refractivity contribution in [1.82, 2.24) is 9.55 Å². The highest BCUT2D eigenvalue weighted by molar-refractivity contribution is 5.03. The Morgan fingerprint density at radius 3 is 2.74 bits per heavy atom. The van der Waals surface area contributed by atoms with Crippen LogP contribution in [-0.4, -0.2) is 38.2 Å². The van der Waals surface area contributed by atoms with Gasteiger partial charge in [-0.15, -0.1) is 0 Å². The molecule has 0 amide bonds. The number of nitrogens with two attached hydrogens (primary N) is 1. The third-order valence-electron chi connectivity index (χ3n) is 3.46. The van der Waals surface area contributed by atoms with Crippen LogP contribution in [0.4, 0.5) is 0 Å². The van der Waals surface area contributed by atoms with Crippen LogP contribution >= 0.6 is 0 Å². The lowest BCUT2D eigenvalue weighted by atomic mass is 9.98.